The van der Waals surface area contributed by atoms with E-state index in [1.807, 2.05) is 38.2 Å². The van der Waals surface area contributed by atoms with E-state index in [0.717, 1.165) is 27.8 Å². The number of phenols is 1. The summed E-state index contributed by atoms with van der Waals surface area (Å²) >= 11 is 0. The molecule has 138 valence electrons. The largest absolute Gasteiger partial charge is 0.508 e. The number of hydrogen-bond donors (Lipinski definition) is 2. The normalized spacial score (nSPS) is 13.3. The van der Waals surface area contributed by atoms with Crippen molar-refractivity contribution in [3.05, 3.63) is 64.5 Å². The Balaban J connectivity index is 1.60. The third kappa shape index (κ3) is 3.29. The molecule has 1 amide bonds. The molecule has 0 bridgehead atoms. The summed E-state index contributed by atoms with van der Waals surface area (Å²) < 4.78 is 5.36. The highest BCUT2D eigenvalue weighted by Gasteiger charge is 2.30. The molecule has 3 aromatic rings. The Bertz CT molecular complexity index is 995. The minimum Gasteiger partial charge on any atom is -0.508 e. The third-order valence-electron chi connectivity index (χ3n) is 4.64. The zero-order chi connectivity index (χ0) is 19.0. The lowest BCUT2D eigenvalue weighted by atomic mass is 10.0. The fourth-order valence-electron chi connectivity index (χ4n) is 3.40. The van der Waals surface area contributed by atoms with Gasteiger partial charge in [0.2, 0.25) is 0 Å². The number of carbonyl (C=O) groups is 1. The lowest BCUT2D eigenvalue weighted by molar-refractivity contribution is 0.0766. The lowest BCUT2D eigenvalue weighted by Crippen LogP contribution is -2.23. The van der Waals surface area contributed by atoms with Gasteiger partial charge in [-0.05, 0) is 54.9 Å². The Labute approximate surface area is 156 Å². The Kier molecular flexibility index (Phi) is 4.37. The number of aromatic nitrogens is 2. The molecule has 1 aromatic heterocycles. The van der Waals surface area contributed by atoms with Crippen LogP contribution in [0.3, 0.4) is 0 Å². The maximum absolute atomic E-state index is 12.8. The predicted octanol–water partition coefficient (Wildman–Crippen LogP) is 2.63. The van der Waals surface area contributed by atoms with Gasteiger partial charge in [-0.3, -0.25) is 4.79 Å². The van der Waals surface area contributed by atoms with Crippen LogP contribution in [0.15, 0.2) is 40.9 Å². The van der Waals surface area contributed by atoms with Gasteiger partial charge in [0, 0.05) is 24.2 Å². The van der Waals surface area contributed by atoms with Crippen LogP contribution in [0.25, 0.3) is 11.5 Å². The predicted molar refractivity (Wildman–Crippen MR) is 98.9 cm³/mol. The van der Waals surface area contributed by atoms with E-state index in [1.54, 1.807) is 17.0 Å². The van der Waals surface area contributed by atoms with Crippen molar-refractivity contribution in [2.75, 3.05) is 7.05 Å². The first-order valence-corrected chi connectivity index (χ1v) is 8.73. The molecule has 7 heteroatoms. The van der Waals surface area contributed by atoms with Crippen molar-refractivity contribution in [1.82, 2.24) is 20.4 Å². The number of rotatable bonds is 5. The van der Waals surface area contributed by atoms with Gasteiger partial charge < -0.3 is 19.8 Å². The van der Waals surface area contributed by atoms with E-state index >= 15 is 0 Å². The van der Waals surface area contributed by atoms with Crippen LogP contribution in [0.5, 0.6) is 5.75 Å². The molecule has 2 N–H and O–H groups in total. The minimum atomic E-state index is 0.0172. The summed E-state index contributed by atoms with van der Waals surface area (Å²) in [5, 5.41) is 16.4. The molecule has 27 heavy (non-hydrogen) atoms. The van der Waals surface area contributed by atoms with Crippen LogP contribution in [0.2, 0.25) is 0 Å². The van der Waals surface area contributed by atoms with Gasteiger partial charge in [0.25, 0.3) is 11.8 Å². The van der Waals surface area contributed by atoms with Gasteiger partial charge in [0.15, 0.2) is 5.82 Å². The van der Waals surface area contributed by atoms with Crippen LogP contribution in [0.4, 0.5) is 0 Å². The van der Waals surface area contributed by atoms with Crippen LogP contribution < -0.4 is 5.32 Å². The van der Waals surface area contributed by atoms with Crippen molar-refractivity contribution in [2.24, 2.45) is 0 Å². The molecule has 1 aliphatic rings. The summed E-state index contributed by atoms with van der Waals surface area (Å²) in [5.41, 5.74) is 4.39. The molecular weight excluding hydrogens is 344 g/mol. The van der Waals surface area contributed by atoms with E-state index in [0.29, 0.717) is 31.3 Å². The Morgan fingerprint density at radius 3 is 2.78 bits per heavy atom. The fourth-order valence-corrected chi connectivity index (χ4v) is 3.40. The molecule has 0 saturated heterocycles. The average Bonchev–Trinajstić information content (AvgIpc) is 3.23. The Morgan fingerprint density at radius 2 is 2.04 bits per heavy atom. The lowest BCUT2D eigenvalue weighted by Gasteiger charge is -2.15. The number of carbonyl (C=O) groups excluding carboxylic acids is 1. The van der Waals surface area contributed by atoms with Crippen molar-refractivity contribution in [2.45, 2.75) is 26.6 Å². The number of hydrogen-bond acceptors (Lipinski definition) is 6. The molecule has 0 aliphatic carbocycles. The van der Waals surface area contributed by atoms with Crippen LogP contribution >= 0.6 is 0 Å². The van der Waals surface area contributed by atoms with E-state index in [2.05, 4.69) is 15.5 Å². The molecule has 7 nitrogen and oxygen atoms in total. The number of phenolic OH excluding ortho intramolecular Hbond substituents is 1. The summed E-state index contributed by atoms with van der Waals surface area (Å²) in [6.45, 7) is 3.48. The molecule has 2 heterocycles. The number of nitrogens with zero attached hydrogens (tertiary/aromatic N) is 3. The zero-order valence-electron chi connectivity index (χ0n) is 15.2. The molecule has 0 spiro atoms. The van der Waals surface area contributed by atoms with Gasteiger partial charge in [-0.15, -0.1) is 0 Å². The minimum absolute atomic E-state index is 0.0172. The maximum Gasteiger partial charge on any atom is 0.257 e. The number of aromatic hydroxyl groups is 1. The Hall–Kier alpha value is -3.19. The Morgan fingerprint density at radius 1 is 1.26 bits per heavy atom. The van der Waals surface area contributed by atoms with E-state index in [1.165, 1.54) is 0 Å². The highest BCUT2D eigenvalue weighted by Crippen LogP contribution is 2.32. The number of fused-ring (bicyclic) bond motifs is 1. The molecule has 4 rings (SSSR count). The SMILES string of the molecule is CNCc1noc(-c2cc(C)c3c(c2)CN(Cc2ccc(O)cc2)C3=O)n1. The molecule has 0 fully saturated rings. The summed E-state index contributed by atoms with van der Waals surface area (Å²) in [4.78, 5) is 19.0. The van der Waals surface area contributed by atoms with Crippen LogP contribution in [0, 0.1) is 6.92 Å². The van der Waals surface area contributed by atoms with Gasteiger partial charge in [-0.2, -0.15) is 4.98 Å². The molecule has 0 saturated carbocycles. The molecule has 2 aromatic carbocycles. The summed E-state index contributed by atoms with van der Waals surface area (Å²) in [6.07, 6.45) is 0. The standard InChI is InChI=1S/C20H20N4O3/c1-12-7-14(19-22-17(9-21-2)23-27-19)8-15-11-24(20(26)18(12)15)10-13-3-5-16(25)6-4-13/h3-8,21,25H,9-11H2,1-2H3. The smallest absolute Gasteiger partial charge is 0.257 e. The van der Waals surface area contributed by atoms with Crippen molar-refractivity contribution >= 4 is 5.91 Å². The molecule has 0 atom stereocenters. The molecule has 0 unspecified atom stereocenters. The van der Waals surface area contributed by atoms with Crippen molar-refractivity contribution < 1.29 is 14.4 Å². The first-order chi connectivity index (χ1) is 13.0. The van der Waals surface area contributed by atoms with Gasteiger partial charge in [0.05, 0.1) is 6.54 Å². The maximum atomic E-state index is 12.8. The third-order valence-corrected chi connectivity index (χ3v) is 4.64. The highest BCUT2D eigenvalue weighted by molar-refractivity contribution is 6.00. The van der Waals surface area contributed by atoms with Crippen molar-refractivity contribution in [1.29, 1.82) is 0 Å². The van der Waals surface area contributed by atoms with Crippen LogP contribution in [0.1, 0.15) is 32.9 Å². The van der Waals surface area contributed by atoms with Crippen molar-refractivity contribution in [3.63, 3.8) is 0 Å². The van der Waals surface area contributed by atoms with E-state index < -0.39 is 0 Å². The topological polar surface area (TPSA) is 91.5 Å². The van der Waals surface area contributed by atoms with Crippen LogP contribution in [-0.2, 0) is 19.6 Å². The molecule has 1 aliphatic heterocycles. The first kappa shape index (κ1) is 17.2. The fraction of sp³-hybridized carbons (Fsp3) is 0.250. The summed E-state index contributed by atoms with van der Waals surface area (Å²) in [7, 11) is 1.82. The van der Waals surface area contributed by atoms with Crippen molar-refractivity contribution in [3.8, 4) is 17.2 Å². The second kappa shape index (κ2) is 6.85. The second-order valence-electron chi connectivity index (χ2n) is 6.70. The highest BCUT2D eigenvalue weighted by atomic mass is 16.5. The van der Waals surface area contributed by atoms with E-state index in [4.69, 9.17) is 4.52 Å². The first-order valence-electron chi connectivity index (χ1n) is 8.73. The summed E-state index contributed by atoms with van der Waals surface area (Å²) in [6, 6.07) is 10.8. The molecular formula is C20H20N4O3. The van der Waals surface area contributed by atoms with Gasteiger partial charge in [0.1, 0.15) is 5.75 Å². The summed E-state index contributed by atoms with van der Waals surface area (Å²) in [5.74, 6) is 1.28. The number of amides is 1. The van der Waals surface area contributed by atoms with Gasteiger partial charge in [-0.1, -0.05) is 17.3 Å². The number of nitrogens with one attached hydrogen (secondary N) is 1. The molecule has 0 radical (unpaired) electrons. The van der Waals surface area contributed by atoms with Crippen LogP contribution in [-0.4, -0.2) is 33.1 Å². The zero-order valence-corrected chi connectivity index (χ0v) is 15.2. The number of benzene rings is 2. The van der Waals surface area contributed by atoms with Gasteiger partial charge in [-0.25, -0.2) is 0 Å². The monoisotopic (exact) mass is 364 g/mol. The van der Waals surface area contributed by atoms with E-state index in [-0.39, 0.29) is 11.7 Å². The number of aryl methyl sites for hydroxylation is 1. The van der Waals surface area contributed by atoms with E-state index in [9.17, 15) is 9.90 Å². The van der Waals surface area contributed by atoms with Gasteiger partial charge >= 0.3 is 0 Å². The quantitative estimate of drug-likeness (QED) is 0.723. The second-order valence-corrected chi connectivity index (χ2v) is 6.70. The average molecular weight is 364 g/mol.